The number of rotatable bonds is 22. The van der Waals surface area contributed by atoms with Gasteiger partial charge in [0.2, 0.25) is 5.91 Å². The van der Waals surface area contributed by atoms with Crippen LogP contribution >= 0.6 is 0 Å². The number of carbonyl (C=O) groups is 1. The topological polar surface area (TPSA) is 100 Å². The highest BCUT2D eigenvalue weighted by Crippen LogP contribution is 2.15. The third-order valence-corrected chi connectivity index (χ3v) is 6.35. The van der Waals surface area contributed by atoms with E-state index in [9.17, 15) is 4.79 Å². The molecule has 0 radical (unpaired) electrons. The van der Waals surface area contributed by atoms with Crippen LogP contribution in [0.15, 0.2) is 11.8 Å². The number of allylic oxidation sites excluding steroid dienone is 1. The van der Waals surface area contributed by atoms with Crippen LogP contribution < -0.4 is 27.0 Å². The fourth-order valence-corrected chi connectivity index (χ4v) is 4.01. The largest absolute Gasteiger partial charge is 0.385 e. The van der Waals surface area contributed by atoms with E-state index in [2.05, 4.69) is 48.1 Å². The van der Waals surface area contributed by atoms with Crippen LogP contribution in [0.5, 0.6) is 0 Å². The molecule has 0 rings (SSSR count). The first-order valence-electron chi connectivity index (χ1n) is 13.2. The second-order valence-corrected chi connectivity index (χ2v) is 9.25. The molecule has 1 amide bonds. The van der Waals surface area contributed by atoms with Crippen molar-refractivity contribution in [3.05, 3.63) is 11.8 Å². The molecule has 0 aromatic heterocycles. The molecule has 196 valence electrons. The SMILES string of the molecule is CC/C=C(\CNCCC[C@H](NC(=O)CCC(CC)CCNC)C(C)OC)N[C@H](C)CCCN. The molecule has 0 saturated carbocycles. The van der Waals surface area contributed by atoms with Crippen molar-refractivity contribution in [3.8, 4) is 0 Å². The van der Waals surface area contributed by atoms with E-state index in [0.717, 1.165) is 77.5 Å². The fourth-order valence-electron chi connectivity index (χ4n) is 4.01. The van der Waals surface area contributed by atoms with Crippen LogP contribution in [-0.2, 0) is 9.53 Å². The Morgan fingerprint density at radius 3 is 2.39 bits per heavy atom. The number of amides is 1. The fraction of sp³-hybridized carbons (Fsp3) is 0.885. The van der Waals surface area contributed by atoms with Crippen LogP contribution in [0.4, 0.5) is 0 Å². The molecule has 4 atom stereocenters. The van der Waals surface area contributed by atoms with Gasteiger partial charge in [-0.05, 0) is 91.4 Å². The molecular weight excluding hydrogens is 414 g/mol. The maximum absolute atomic E-state index is 12.6. The van der Waals surface area contributed by atoms with Crippen molar-refractivity contribution in [2.75, 3.05) is 40.3 Å². The minimum Gasteiger partial charge on any atom is -0.385 e. The highest BCUT2D eigenvalue weighted by molar-refractivity contribution is 5.76. The van der Waals surface area contributed by atoms with Crippen molar-refractivity contribution >= 4 is 5.91 Å². The van der Waals surface area contributed by atoms with Crippen LogP contribution in [0.25, 0.3) is 0 Å². The summed E-state index contributed by atoms with van der Waals surface area (Å²) in [6.07, 6.45) is 11.1. The van der Waals surface area contributed by atoms with Gasteiger partial charge in [-0.2, -0.15) is 0 Å². The van der Waals surface area contributed by atoms with Gasteiger partial charge < -0.3 is 31.7 Å². The van der Waals surface area contributed by atoms with Gasteiger partial charge in [-0.3, -0.25) is 4.79 Å². The molecule has 0 saturated heterocycles. The Labute approximate surface area is 204 Å². The lowest BCUT2D eigenvalue weighted by Crippen LogP contribution is -2.43. The van der Waals surface area contributed by atoms with Gasteiger partial charge in [-0.15, -0.1) is 0 Å². The van der Waals surface area contributed by atoms with Gasteiger partial charge in [-0.1, -0.05) is 26.3 Å². The molecule has 2 unspecified atom stereocenters. The van der Waals surface area contributed by atoms with E-state index in [-0.39, 0.29) is 18.1 Å². The van der Waals surface area contributed by atoms with Crippen LogP contribution in [0.2, 0.25) is 0 Å². The molecule has 33 heavy (non-hydrogen) atoms. The molecule has 7 heteroatoms. The summed E-state index contributed by atoms with van der Waals surface area (Å²) in [4.78, 5) is 12.6. The quantitative estimate of drug-likeness (QED) is 0.156. The second kappa shape index (κ2) is 21.4. The Bertz CT molecular complexity index is 501. The van der Waals surface area contributed by atoms with Crippen LogP contribution in [-0.4, -0.2) is 64.4 Å². The van der Waals surface area contributed by atoms with E-state index in [1.165, 1.54) is 5.70 Å². The third kappa shape index (κ3) is 17.0. The normalized spacial score (nSPS) is 15.7. The van der Waals surface area contributed by atoms with Gasteiger partial charge in [0.1, 0.15) is 0 Å². The Hall–Kier alpha value is -1.15. The Morgan fingerprint density at radius 2 is 1.79 bits per heavy atom. The van der Waals surface area contributed by atoms with Crippen molar-refractivity contribution in [2.45, 2.75) is 104 Å². The number of carbonyl (C=O) groups excluding carboxylic acids is 1. The molecule has 0 bridgehead atoms. The van der Waals surface area contributed by atoms with E-state index < -0.39 is 0 Å². The van der Waals surface area contributed by atoms with Gasteiger partial charge in [0, 0.05) is 31.8 Å². The van der Waals surface area contributed by atoms with E-state index in [1.807, 2.05) is 14.0 Å². The lowest BCUT2D eigenvalue weighted by molar-refractivity contribution is -0.123. The molecular formula is C26H55N5O2. The van der Waals surface area contributed by atoms with Crippen molar-refractivity contribution in [2.24, 2.45) is 11.7 Å². The average molecular weight is 470 g/mol. The zero-order chi connectivity index (χ0) is 24.9. The minimum absolute atomic E-state index is 0.000762. The van der Waals surface area contributed by atoms with Gasteiger partial charge in [0.05, 0.1) is 12.1 Å². The van der Waals surface area contributed by atoms with Crippen LogP contribution in [0.3, 0.4) is 0 Å². The molecule has 0 fully saturated rings. The summed E-state index contributed by atoms with van der Waals surface area (Å²) in [5, 5.41) is 13.6. The van der Waals surface area contributed by atoms with Crippen LogP contribution in [0, 0.1) is 5.92 Å². The maximum Gasteiger partial charge on any atom is 0.220 e. The number of hydrogen-bond donors (Lipinski definition) is 5. The number of ether oxygens (including phenoxy) is 1. The van der Waals surface area contributed by atoms with E-state index in [4.69, 9.17) is 10.5 Å². The highest BCUT2D eigenvalue weighted by atomic mass is 16.5. The van der Waals surface area contributed by atoms with Gasteiger partial charge in [0.15, 0.2) is 0 Å². The Morgan fingerprint density at radius 1 is 1.03 bits per heavy atom. The van der Waals surface area contributed by atoms with Crippen molar-refractivity contribution in [1.82, 2.24) is 21.3 Å². The van der Waals surface area contributed by atoms with Gasteiger partial charge >= 0.3 is 0 Å². The molecule has 6 N–H and O–H groups in total. The summed E-state index contributed by atoms with van der Waals surface area (Å²) in [5.74, 6) is 0.742. The zero-order valence-electron chi connectivity index (χ0n) is 22.5. The predicted molar refractivity (Wildman–Crippen MR) is 141 cm³/mol. The number of nitrogens with two attached hydrogens (primary N) is 1. The third-order valence-electron chi connectivity index (χ3n) is 6.35. The second-order valence-electron chi connectivity index (χ2n) is 9.25. The smallest absolute Gasteiger partial charge is 0.220 e. The Balaban J connectivity index is 4.41. The standard InChI is InChI=1S/C26H55N5O2/c1-7-11-24(30-21(3)12-9-17-27)20-29-18-10-13-25(22(4)33-6)31-26(32)15-14-23(8-2)16-19-28-5/h11,21-23,25,28-30H,7-10,12-20,27H2,1-6H3,(H,31,32)/b24-11+/t21-,22?,23?,25+/m1/s1. The summed E-state index contributed by atoms with van der Waals surface area (Å²) >= 11 is 0. The van der Waals surface area contributed by atoms with E-state index in [1.54, 1.807) is 7.11 Å². The monoisotopic (exact) mass is 469 g/mol. The van der Waals surface area contributed by atoms with Gasteiger partial charge in [-0.25, -0.2) is 0 Å². The molecule has 0 aliphatic heterocycles. The molecule has 0 aromatic carbocycles. The van der Waals surface area contributed by atoms with Crippen LogP contribution in [0.1, 0.15) is 85.5 Å². The number of nitrogens with one attached hydrogen (secondary N) is 4. The Kier molecular flexibility index (Phi) is 20.6. The molecule has 0 aromatic rings. The van der Waals surface area contributed by atoms with Gasteiger partial charge in [0.25, 0.3) is 0 Å². The first-order chi connectivity index (χ1) is 15.9. The molecule has 0 heterocycles. The molecule has 0 aliphatic carbocycles. The first-order valence-corrected chi connectivity index (χ1v) is 13.2. The summed E-state index contributed by atoms with van der Waals surface area (Å²) in [6, 6.07) is 0.475. The summed E-state index contributed by atoms with van der Waals surface area (Å²) in [5.41, 5.74) is 6.88. The average Bonchev–Trinajstić information content (AvgIpc) is 2.81. The summed E-state index contributed by atoms with van der Waals surface area (Å²) in [6.45, 7) is 12.1. The first kappa shape index (κ1) is 31.9. The molecule has 0 aliphatic rings. The van der Waals surface area contributed by atoms with Crippen molar-refractivity contribution in [1.29, 1.82) is 0 Å². The zero-order valence-corrected chi connectivity index (χ0v) is 22.5. The summed E-state index contributed by atoms with van der Waals surface area (Å²) in [7, 11) is 3.69. The lowest BCUT2D eigenvalue weighted by atomic mass is 9.96. The molecule has 0 spiro atoms. The number of methoxy groups -OCH3 is 1. The highest BCUT2D eigenvalue weighted by Gasteiger charge is 2.19. The van der Waals surface area contributed by atoms with Crippen molar-refractivity contribution < 1.29 is 9.53 Å². The lowest BCUT2D eigenvalue weighted by Gasteiger charge is -2.25. The maximum atomic E-state index is 12.6. The van der Waals surface area contributed by atoms with E-state index >= 15 is 0 Å². The molecule has 7 nitrogen and oxygen atoms in total. The minimum atomic E-state index is 0.000762. The summed E-state index contributed by atoms with van der Waals surface area (Å²) < 4.78 is 5.54. The number of hydrogen-bond acceptors (Lipinski definition) is 6. The van der Waals surface area contributed by atoms with Crippen molar-refractivity contribution in [3.63, 3.8) is 0 Å². The van der Waals surface area contributed by atoms with E-state index in [0.29, 0.717) is 18.4 Å². The predicted octanol–water partition coefficient (Wildman–Crippen LogP) is 3.30.